The van der Waals surface area contributed by atoms with Crippen molar-refractivity contribution in [3.05, 3.63) is 152 Å². The summed E-state index contributed by atoms with van der Waals surface area (Å²) in [6.07, 6.45) is 0. The molecule has 1 heteroatoms. The number of para-hydroxylation sites is 1. The first-order valence-corrected chi connectivity index (χ1v) is 12.7. The molecule has 0 unspecified atom stereocenters. The number of hydrogen-bond donors (Lipinski definition) is 0. The van der Waals surface area contributed by atoms with E-state index in [2.05, 4.69) is 157 Å². The van der Waals surface area contributed by atoms with Gasteiger partial charge in [-0.15, -0.1) is 0 Å². The Morgan fingerprint density at radius 2 is 0.865 bits per heavy atom. The molecule has 0 amide bonds. The predicted molar refractivity (Wildman–Crippen MR) is 159 cm³/mol. The molecule has 0 atom stereocenters. The summed E-state index contributed by atoms with van der Waals surface area (Å²) in [6, 6.07) is 54.5. The number of hydrogen-bond acceptors (Lipinski definition) is 1. The molecule has 1 nitrogen and oxygen atoms in total. The summed E-state index contributed by atoms with van der Waals surface area (Å²) >= 11 is 0. The van der Waals surface area contributed by atoms with Crippen LogP contribution in [0.4, 0.5) is 17.1 Å². The summed E-state index contributed by atoms with van der Waals surface area (Å²) in [6.45, 7) is 0. The van der Waals surface area contributed by atoms with Gasteiger partial charge in [0.25, 0.3) is 0 Å². The van der Waals surface area contributed by atoms with Crippen LogP contribution in [-0.2, 0) is 0 Å². The lowest BCUT2D eigenvalue weighted by atomic mass is 9.90. The lowest BCUT2D eigenvalue weighted by Crippen LogP contribution is -2.12. The second-order valence-electron chi connectivity index (χ2n) is 9.35. The van der Waals surface area contributed by atoms with Crippen LogP contribution >= 0.6 is 0 Å². The topological polar surface area (TPSA) is 3.24 Å². The van der Waals surface area contributed by atoms with E-state index in [1.807, 2.05) is 0 Å². The summed E-state index contributed by atoms with van der Waals surface area (Å²) in [7, 11) is 0. The summed E-state index contributed by atoms with van der Waals surface area (Å²) < 4.78 is 0. The van der Waals surface area contributed by atoms with Crippen molar-refractivity contribution in [3.63, 3.8) is 0 Å². The molecule has 0 N–H and O–H groups in total. The molecule has 7 aromatic carbocycles. The maximum Gasteiger partial charge on any atom is 0.0625 e. The molecular weight excluding hydrogens is 446 g/mol. The molecule has 0 heterocycles. The second-order valence-corrected chi connectivity index (χ2v) is 9.35. The maximum absolute atomic E-state index is 2.46. The molecule has 174 valence electrons. The Hall–Kier alpha value is -4.88. The largest absolute Gasteiger partial charge is 0.309 e. The van der Waals surface area contributed by atoms with E-state index in [-0.39, 0.29) is 0 Å². The minimum absolute atomic E-state index is 1.14. The van der Waals surface area contributed by atoms with E-state index in [1.165, 1.54) is 54.8 Å². The van der Waals surface area contributed by atoms with Gasteiger partial charge in [-0.1, -0.05) is 133 Å². The van der Waals surface area contributed by atoms with Crippen LogP contribution in [-0.4, -0.2) is 0 Å². The molecule has 0 radical (unpaired) electrons. The van der Waals surface area contributed by atoms with Crippen LogP contribution in [0.5, 0.6) is 0 Å². The number of anilines is 3. The zero-order valence-corrected chi connectivity index (χ0v) is 20.4. The lowest BCUT2D eigenvalue weighted by Gasteiger charge is -2.31. The normalized spacial score (nSPS) is 11.2. The van der Waals surface area contributed by atoms with Gasteiger partial charge in [0.1, 0.15) is 0 Å². The molecule has 7 rings (SSSR count). The van der Waals surface area contributed by atoms with Crippen LogP contribution in [0.3, 0.4) is 0 Å². The van der Waals surface area contributed by atoms with E-state index in [0.29, 0.717) is 0 Å². The predicted octanol–water partition coefficient (Wildman–Crippen LogP) is 10.3. The van der Waals surface area contributed by atoms with Crippen molar-refractivity contribution in [2.75, 3.05) is 4.90 Å². The fraction of sp³-hybridized carbons (Fsp3) is 0. The van der Waals surface area contributed by atoms with Crippen LogP contribution in [0.1, 0.15) is 0 Å². The van der Waals surface area contributed by atoms with Crippen LogP contribution in [0, 0.1) is 0 Å². The van der Waals surface area contributed by atoms with Gasteiger partial charge in [0.05, 0.1) is 11.4 Å². The third-order valence-electron chi connectivity index (χ3n) is 7.21. The number of nitrogens with zero attached hydrogens (tertiary/aromatic N) is 1. The van der Waals surface area contributed by atoms with Gasteiger partial charge in [0.15, 0.2) is 0 Å². The number of rotatable bonds is 4. The monoisotopic (exact) mass is 471 g/mol. The standard InChI is InChI=1S/C36H25N/c1-3-15-27(16-4-1)35-32-23-11-9-21-30(32)31-22-10-12-24-33(31)36(35)37(28-18-5-2-6-19-28)34-25-13-17-26-14-7-8-20-29(26)34/h1-25H. The van der Waals surface area contributed by atoms with E-state index >= 15 is 0 Å². The molecule has 0 aliphatic rings. The summed E-state index contributed by atoms with van der Waals surface area (Å²) in [5.74, 6) is 0. The SMILES string of the molecule is c1ccc(-c2c(N(c3ccccc3)c3cccc4ccccc34)c3ccccc3c3ccccc23)cc1. The van der Waals surface area contributed by atoms with Crippen molar-refractivity contribution in [2.24, 2.45) is 0 Å². The molecule has 7 aromatic rings. The smallest absolute Gasteiger partial charge is 0.0625 e. The van der Waals surface area contributed by atoms with Crippen molar-refractivity contribution >= 4 is 49.4 Å². The first-order chi connectivity index (χ1) is 18.4. The summed E-state index contributed by atoms with van der Waals surface area (Å²) in [5.41, 5.74) is 5.95. The molecule has 0 saturated heterocycles. The van der Waals surface area contributed by atoms with Gasteiger partial charge < -0.3 is 4.90 Å². The minimum atomic E-state index is 1.14. The van der Waals surface area contributed by atoms with Crippen LogP contribution in [0.25, 0.3) is 43.4 Å². The van der Waals surface area contributed by atoms with E-state index in [0.717, 1.165) is 5.69 Å². The Balaban J connectivity index is 1.71. The molecule has 0 aliphatic heterocycles. The van der Waals surface area contributed by atoms with Crippen molar-refractivity contribution in [1.82, 2.24) is 0 Å². The Bertz CT molecular complexity index is 1870. The van der Waals surface area contributed by atoms with Crippen molar-refractivity contribution in [1.29, 1.82) is 0 Å². The average molecular weight is 472 g/mol. The van der Waals surface area contributed by atoms with Crippen molar-refractivity contribution in [3.8, 4) is 11.1 Å². The van der Waals surface area contributed by atoms with E-state index < -0.39 is 0 Å². The third-order valence-corrected chi connectivity index (χ3v) is 7.21. The van der Waals surface area contributed by atoms with Gasteiger partial charge in [-0.05, 0) is 45.3 Å². The first kappa shape index (κ1) is 21.4. The third kappa shape index (κ3) is 3.56. The minimum Gasteiger partial charge on any atom is -0.309 e. The Labute approximate surface area is 216 Å². The Morgan fingerprint density at radius 3 is 1.59 bits per heavy atom. The van der Waals surface area contributed by atoms with Crippen LogP contribution < -0.4 is 4.90 Å². The van der Waals surface area contributed by atoms with Gasteiger partial charge in [-0.2, -0.15) is 0 Å². The molecule has 0 fully saturated rings. The highest BCUT2D eigenvalue weighted by Crippen LogP contribution is 2.50. The molecule has 0 bridgehead atoms. The average Bonchev–Trinajstić information content (AvgIpc) is 2.98. The molecule has 0 aromatic heterocycles. The molecular formula is C36H25N. The fourth-order valence-electron chi connectivity index (χ4n) is 5.62. The zero-order chi connectivity index (χ0) is 24.6. The number of benzene rings is 7. The maximum atomic E-state index is 2.46. The van der Waals surface area contributed by atoms with Crippen LogP contribution in [0.2, 0.25) is 0 Å². The first-order valence-electron chi connectivity index (χ1n) is 12.7. The number of fused-ring (bicyclic) bond motifs is 4. The Morgan fingerprint density at radius 1 is 0.351 bits per heavy atom. The van der Waals surface area contributed by atoms with Crippen molar-refractivity contribution in [2.45, 2.75) is 0 Å². The summed E-state index contributed by atoms with van der Waals surface area (Å²) in [4.78, 5) is 2.46. The Kier molecular flexibility index (Phi) is 5.19. The van der Waals surface area contributed by atoms with Gasteiger partial charge >= 0.3 is 0 Å². The van der Waals surface area contributed by atoms with Gasteiger partial charge in [-0.25, -0.2) is 0 Å². The second kappa shape index (κ2) is 8.96. The highest BCUT2D eigenvalue weighted by molar-refractivity contribution is 6.23. The van der Waals surface area contributed by atoms with Gasteiger partial charge in [-0.3, -0.25) is 0 Å². The van der Waals surface area contributed by atoms with Gasteiger partial charge in [0, 0.05) is 22.0 Å². The molecule has 0 aliphatic carbocycles. The summed E-state index contributed by atoms with van der Waals surface area (Å²) in [5, 5.41) is 7.47. The van der Waals surface area contributed by atoms with E-state index in [4.69, 9.17) is 0 Å². The van der Waals surface area contributed by atoms with Gasteiger partial charge in [0.2, 0.25) is 0 Å². The molecule has 37 heavy (non-hydrogen) atoms. The van der Waals surface area contributed by atoms with Crippen LogP contribution in [0.15, 0.2) is 152 Å². The van der Waals surface area contributed by atoms with E-state index in [9.17, 15) is 0 Å². The van der Waals surface area contributed by atoms with Crippen molar-refractivity contribution < 1.29 is 0 Å². The molecule has 0 saturated carbocycles. The highest BCUT2D eigenvalue weighted by atomic mass is 15.1. The lowest BCUT2D eigenvalue weighted by molar-refractivity contribution is 1.32. The fourth-order valence-corrected chi connectivity index (χ4v) is 5.62. The quantitative estimate of drug-likeness (QED) is 0.231. The molecule has 0 spiro atoms. The zero-order valence-electron chi connectivity index (χ0n) is 20.4. The highest BCUT2D eigenvalue weighted by Gasteiger charge is 2.24. The van der Waals surface area contributed by atoms with E-state index in [1.54, 1.807) is 0 Å².